The SMILES string of the molecule is CCN1[C@H](C)CN(c2ccc3c(c2)CC(=O)C(c2cn4cc(C)ncc4n2)=C3)C[C@@H]1C. The van der Waals surface area contributed by atoms with Crippen molar-refractivity contribution in [2.75, 3.05) is 24.5 Å². The molecule has 0 radical (unpaired) electrons. The number of carbonyl (C=O) groups excluding carboxylic acids is 1. The van der Waals surface area contributed by atoms with E-state index in [4.69, 9.17) is 0 Å². The Labute approximate surface area is 183 Å². The normalized spacial score (nSPS) is 22.0. The maximum atomic E-state index is 13.0. The second-order valence-corrected chi connectivity index (χ2v) is 8.89. The molecule has 0 unspecified atom stereocenters. The minimum atomic E-state index is 0.121. The fourth-order valence-electron chi connectivity index (χ4n) is 5.13. The van der Waals surface area contributed by atoms with Gasteiger partial charge in [0.2, 0.25) is 0 Å². The van der Waals surface area contributed by atoms with Crippen LogP contribution in [0.3, 0.4) is 0 Å². The zero-order valence-corrected chi connectivity index (χ0v) is 18.7. The Morgan fingerprint density at radius 2 is 1.90 bits per heavy atom. The third-order valence-corrected chi connectivity index (χ3v) is 6.66. The molecule has 6 heteroatoms. The minimum Gasteiger partial charge on any atom is -0.368 e. The number of aromatic nitrogens is 3. The molecule has 0 bridgehead atoms. The van der Waals surface area contributed by atoms with Crippen LogP contribution < -0.4 is 4.90 Å². The lowest BCUT2D eigenvalue weighted by atomic mass is 9.89. The van der Waals surface area contributed by atoms with E-state index in [-0.39, 0.29) is 5.78 Å². The number of carbonyl (C=O) groups is 1. The molecule has 5 rings (SSSR count). The molecule has 31 heavy (non-hydrogen) atoms. The number of rotatable bonds is 3. The van der Waals surface area contributed by atoms with E-state index < -0.39 is 0 Å². The summed E-state index contributed by atoms with van der Waals surface area (Å²) in [6, 6.07) is 7.59. The van der Waals surface area contributed by atoms with Crippen molar-refractivity contribution in [3.63, 3.8) is 0 Å². The van der Waals surface area contributed by atoms with Crippen molar-refractivity contribution < 1.29 is 4.79 Å². The predicted molar refractivity (Wildman–Crippen MR) is 124 cm³/mol. The number of likely N-dealkylation sites (N-methyl/N-ethyl adjacent to an activating group) is 1. The second kappa shape index (κ2) is 7.61. The number of hydrogen-bond acceptors (Lipinski definition) is 5. The standard InChI is InChI=1S/C25H29N5O/c1-5-30-17(3)13-28(14-18(30)4)21-7-6-19-9-22(24(31)10-20(19)8-21)23-15-29-12-16(2)26-11-25(29)27-23/h6-9,11-12,15,17-18H,5,10,13-14H2,1-4H3/t17-,18+. The summed E-state index contributed by atoms with van der Waals surface area (Å²) in [5, 5.41) is 0. The number of Topliss-reactive ketones (excluding diaryl/α,β-unsaturated/α-hetero) is 1. The maximum absolute atomic E-state index is 13.0. The lowest BCUT2D eigenvalue weighted by Gasteiger charge is -2.45. The third kappa shape index (κ3) is 3.55. The Morgan fingerprint density at radius 1 is 1.13 bits per heavy atom. The molecule has 2 aliphatic rings. The quantitative estimate of drug-likeness (QED) is 0.654. The van der Waals surface area contributed by atoms with Crippen molar-refractivity contribution in [1.82, 2.24) is 19.3 Å². The smallest absolute Gasteiger partial charge is 0.169 e. The fourth-order valence-corrected chi connectivity index (χ4v) is 5.13. The van der Waals surface area contributed by atoms with Crippen LogP contribution in [0.25, 0.3) is 17.3 Å². The number of aryl methyl sites for hydroxylation is 1. The van der Waals surface area contributed by atoms with Crippen LogP contribution in [0.4, 0.5) is 5.69 Å². The van der Waals surface area contributed by atoms with Crippen molar-refractivity contribution in [3.8, 4) is 0 Å². The molecule has 3 heterocycles. The third-order valence-electron chi connectivity index (χ3n) is 6.66. The number of fused-ring (bicyclic) bond motifs is 2. The summed E-state index contributed by atoms with van der Waals surface area (Å²) >= 11 is 0. The topological polar surface area (TPSA) is 53.7 Å². The van der Waals surface area contributed by atoms with Crippen molar-refractivity contribution in [1.29, 1.82) is 0 Å². The van der Waals surface area contributed by atoms with E-state index in [1.807, 2.05) is 29.8 Å². The molecule has 0 saturated carbocycles. The van der Waals surface area contributed by atoms with Crippen molar-refractivity contribution in [2.45, 2.75) is 46.2 Å². The summed E-state index contributed by atoms with van der Waals surface area (Å²) in [5.41, 5.74) is 6.49. The minimum absolute atomic E-state index is 0.121. The van der Waals surface area contributed by atoms with Gasteiger partial charge < -0.3 is 9.30 Å². The molecule has 0 amide bonds. The Balaban J connectivity index is 1.45. The molecule has 1 aromatic carbocycles. The molecule has 6 nitrogen and oxygen atoms in total. The molecule has 160 valence electrons. The van der Waals surface area contributed by atoms with Gasteiger partial charge in [-0.1, -0.05) is 13.0 Å². The highest BCUT2D eigenvalue weighted by atomic mass is 16.1. The largest absolute Gasteiger partial charge is 0.368 e. The first kappa shape index (κ1) is 19.9. The Bertz CT molecular complexity index is 1180. The van der Waals surface area contributed by atoms with Gasteiger partial charge in [0.05, 0.1) is 17.6 Å². The molecule has 1 fully saturated rings. The zero-order chi connectivity index (χ0) is 21.7. The summed E-state index contributed by atoms with van der Waals surface area (Å²) in [6.07, 6.45) is 8.00. The van der Waals surface area contributed by atoms with Crippen LogP contribution in [0.15, 0.2) is 36.8 Å². The Morgan fingerprint density at radius 3 is 2.65 bits per heavy atom. The van der Waals surface area contributed by atoms with Gasteiger partial charge in [-0.25, -0.2) is 4.98 Å². The van der Waals surface area contributed by atoms with E-state index in [1.54, 1.807) is 6.20 Å². The van der Waals surface area contributed by atoms with Crippen LogP contribution in [-0.4, -0.2) is 56.8 Å². The van der Waals surface area contributed by atoms with Gasteiger partial charge in [0.15, 0.2) is 11.4 Å². The predicted octanol–water partition coefficient (Wildman–Crippen LogP) is 3.62. The fraction of sp³-hybridized carbons (Fsp3) is 0.400. The highest BCUT2D eigenvalue weighted by molar-refractivity contribution is 6.27. The van der Waals surface area contributed by atoms with Gasteiger partial charge in [-0.3, -0.25) is 14.7 Å². The summed E-state index contributed by atoms with van der Waals surface area (Å²) in [6.45, 7) is 11.9. The Kier molecular flexibility index (Phi) is 4.89. The summed E-state index contributed by atoms with van der Waals surface area (Å²) in [4.78, 5) is 27.0. The van der Waals surface area contributed by atoms with Crippen molar-refractivity contribution in [3.05, 3.63) is 59.3 Å². The van der Waals surface area contributed by atoms with Crippen LogP contribution in [0.2, 0.25) is 0 Å². The van der Waals surface area contributed by atoms with Gasteiger partial charge in [-0.05, 0) is 56.7 Å². The van der Waals surface area contributed by atoms with Crippen LogP contribution in [0.5, 0.6) is 0 Å². The van der Waals surface area contributed by atoms with E-state index in [0.717, 1.165) is 42.1 Å². The highest BCUT2D eigenvalue weighted by Gasteiger charge is 2.29. The number of benzene rings is 1. The molecule has 2 atom stereocenters. The molecule has 0 spiro atoms. The van der Waals surface area contributed by atoms with Crippen LogP contribution >= 0.6 is 0 Å². The van der Waals surface area contributed by atoms with Crippen molar-refractivity contribution in [2.24, 2.45) is 0 Å². The number of imidazole rings is 1. The van der Waals surface area contributed by atoms with Crippen LogP contribution in [0, 0.1) is 6.92 Å². The van der Waals surface area contributed by atoms with Gasteiger partial charge in [-0.15, -0.1) is 0 Å². The molecule has 1 aliphatic carbocycles. The van der Waals surface area contributed by atoms with E-state index in [9.17, 15) is 4.79 Å². The maximum Gasteiger partial charge on any atom is 0.169 e. The van der Waals surface area contributed by atoms with Gasteiger partial charge in [0.1, 0.15) is 0 Å². The number of piperazine rings is 1. The van der Waals surface area contributed by atoms with E-state index >= 15 is 0 Å². The first-order valence-corrected chi connectivity index (χ1v) is 11.1. The number of nitrogens with zero attached hydrogens (tertiary/aromatic N) is 5. The molecular weight excluding hydrogens is 386 g/mol. The zero-order valence-electron chi connectivity index (χ0n) is 18.7. The molecule has 2 aromatic heterocycles. The van der Waals surface area contributed by atoms with E-state index in [0.29, 0.717) is 29.8 Å². The first-order chi connectivity index (χ1) is 14.9. The van der Waals surface area contributed by atoms with E-state index in [1.165, 1.54) is 5.69 Å². The monoisotopic (exact) mass is 415 g/mol. The van der Waals surface area contributed by atoms with Crippen LogP contribution in [0.1, 0.15) is 43.3 Å². The summed E-state index contributed by atoms with van der Waals surface area (Å²) < 4.78 is 1.93. The second-order valence-electron chi connectivity index (χ2n) is 8.89. The number of allylic oxidation sites excluding steroid dienone is 1. The lowest BCUT2D eigenvalue weighted by Crippen LogP contribution is -2.56. The first-order valence-electron chi connectivity index (χ1n) is 11.1. The van der Waals surface area contributed by atoms with Crippen molar-refractivity contribution >= 4 is 28.8 Å². The van der Waals surface area contributed by atoms with E-state index in [2.05, 4.69) is 58.7 Å². The summed E-state index contributed by atoms with van der Waals surface area (Å²) in [7, 11) is 0. The molecular formula is C25H29N5O. The number of ketones is 1. The molecule has 1 aliphatic heterocycles. The van der Waals surface area contributed by atoms with Gasteiger partial charge in [0.25, 0.3) is 0 Å². The molecule has 1 saturated heterocycles. The lowest BCUT2D eigenvalue weighted by molar-refractivity contribution is -0.113. The Hall–Kier alpha value is -2.99. The number of anilines is 1. The van der Waals surface area contributed by atoms with Gasteiger partial charge in [0, 0.05) is 55.2 Å². The number of hydrogen-bond donors (Lipinski definition) is 0. The average Bonchev–Trinajstić information content (AvgIpc) is 3.15. The van der Waals surface area contributed by atoms with Gasteiger partial charge >= 0.3 is 0 Å². The van der Waals surface area contributed by atoms with Crippen LogP contribution in [-0.2, 0) is 11.2 Å². The summed E-state index contributed by atoms with van der Waals surface area (Å²) in [5.74, 6) is 0.121. The average molecular weight is 416 g/mol. The molecule has 3 aromatic rings. The van der Waals surface area contributed by atoms with Gasteiger partial charge in [-0.2, -0.15) is 0 Å². The highest BCUT2D eigenvalue weighted by Crippen LogP contribution is 2.31. The molecule has 0 N–H and O–H groups in total.